The van der Waals surface area contributed by atoms with Gasteiger partial charge in [-0.3, -0.25) is 24.0 Å². The van der Waals surface area contributed by atoms with Gasteiger partial charge in [0.1, 0.15) is 29.1 Å². The minimum atomic E-state index is -1.11. The highest BCUT2D eigenvalue weighted by molar-refractivity contribution is 5.99. The van der Waals surface area contributed by atoms with Crippen LogP contribution in [0.25, 0.3) is 10.9 Å². The second-order valence-corrected chi connectivity index (χ2v) is 14.9. The monoisotopic (exact) mass is 736 g/mol. The van der Waals surface area contributed by atoms with Crippen molar-refractivity contribution in [1.82, 2.24) is 30.3 Å². The lowest BCUT2D eigenvalue weighted by Gasteiger charge is -2.36. The highest BCUT2D eigenvalue weighted by atomic mass is 16.6. The van der Waals surface area contributed by atoms with Crippen LogP contribution in [0.15, 0.2) is 24.3 Å². The molecule has 53 heavy (non-hydrogen) atoms. The zero-order valence-corrected chi connectivity index (χ0v) is 31.4. The fourth-order valence-corrected chi connectivity index (χ4v) is 6.64. The van der Waals surface area contributed by atoms with Crippen LogP contribution in [0.2, 0.25) is 0 Å². The van der Waals surface area contributed by atoms with E-state index in [9.17, 15) is 28.8 Å². The highest BCUT2D eigenvalue weighted by Crippen LogP contribution is 2.28. The quantitative estimate of drug-likeness (QED) is 0.308. The number of nitrogens with one attached hydrogen (secondary N) is 2. The van der Waals surface area contributed by atoms with Crippen LogP contribution >= 0.6 is 0 Å². The number of piperazine rings is 1. The Labute approximate surface area is 310 Å². The molecule has 1 aromatic carbocycles. The van der Waals surface area contributed by atoms with Gasteiger partial charge in [0.05, 0.1) is 12.1 Å². The number of benzene rings is 1. The first-order chi connectivity index (χ1) is 25.2. The predicted molar refractivity (Wildman–Crippen MR) is 194 cm³/mol. The van der Waals surface area contributed by atoms with Gasteiger partial charge in [-0.05, 0) is 90.8 Å². The molecule has 2 saturated heterocycles. The number of ether oxygens (including phenoxy) is 3. The first kappa shape index (κ1) is 39.3. The Balaban J connectivity index is 1.32. The molecule has 2 aliphatic heterocycles. The van der Waals surface area contributed by atoms with Gasteiger partial charge < -0.3 is 39.5 Å². The number of nitrogens with zero attached hydrogens (tertiary/aromatic N) is 4. The van der Waals surface area contributed by atoms with Crippen LogP contribution in [0, 0.1) is 6.92 Å². The van der Waals surface area contributed by atoms with Crippen LogP contribution < -0.4 is 15.4 Å². The molecule has 288 valence electrons. The number of aromatic nitrogens is 1. The van der Waals surface area contributed by atoms with E-state index in [1.807, 2.05) is 13.0 Å². The summed E-state index contributed by atoms with van der Waals surface area (Å²) in [7, 11) is 0. The Hall–Kier alpha value is -4.95. The molecule has 2 unspecified atom stereocenters. The van der Waals surface area contributed by atoms with Crippen LogP contribution in [0.5, 0.6) is 5.75 Å². The van der Waals surface area contributed by atoms with E-state index in [1.165, 1.54) is 11.0 Å². The van der Waals surface area contributed by atoms with Crippen molar-refractivity contribution in [2.24, 2.45) is 0 Å². The van der Waals surface area contributed by atoms with E-state index in [2.05, 4.69) is 15.6 Å². The maximum Gasteiger partial charge on any atom is 0.409 e. The van der Waals surface area contributed by atoms with Crippen molar-refractivity contribution in [2.45, 2.75) is 103 Å². The molecule has 5 rings (SSSR count). The molecule has 1 aliphatic carbocycles. The number of rotatable bonds is 12. The number of likely N-dealkylation sites (tertiary alicyclic amines) is 1. The van der Waals surface area contributed by atoms with Crippen LogP contribution in [0.4, 0.5) is 4.79 Å². The minimum absolute atomic E-state index is 0.0343. The number of hydrogen-bond acceptors (Lipinski definition) is 10. The fourth-order valence-electron chi connectivity index (χ4n) is 6.64. The average molecular weight is 737 g/mol. The highest BCUT2D eigenvalue weighted by Gasteiger charge is 2.36. The predicted octanol–water partition coefficient (Wildman–Crippen LogP) is 3.10. The molecule has 2 aromatic rings. The molecule has 5 amide bonds. The number of aryl methyl sites for hydroxylation is 1. The molecule has 2 N–H and O–H groups in total. The molecule has 3 heterocycles. The van der Waals surface area contributed by atoms with E-state index < -0.39 is 41.6 Å². The van der Waals surface area contributed by atoms with Gasteiger partial charge in [-0.15, -0.1) is 0 Å². The van der Waals surface area contributed by atoms with Crippen LogP contribution in [0.1, 0.15) is 88.7 Å². The average Bonchev–Trinajstić information content (AvgIpc) is 3.59. The number of carbonyl (C=O) groups excluding carboxylic acids is 6. The molecule has 2 atom stereocenters. The van der Waals surface area contributed by atoms with Crippen molar-refractivity contribution in [2.75, 3.05) is 45.9 Å². The molecule has 0 radical (unpaired) electrons. The Morgan fingerprint density at radius 3 is 2.32 bits per heavy atom. The smallest absolute Gasteiger partial charge is 0.409 e. The fraction of sp³-hybridized carbons (Fsp3) is 0.605. The maximum atomic E-state index is 13.9. The van der Waals surface area contributed by atoms with Gasteiger partial charge in [-0.1, -0.05) is 6.07 Å². The maximum absolute atomic E-state index is 13.9. The number of hydrogen-bond donors (Lipinski definition) is 2. The van der Waals surface area contributed by atoms with Crippen molar-refractivity contribution in [1.29, 1.82) is 0 Å². The van der Waals surface area contributed by atoms with Gasteiger partial charge in [-0.2, -0.15) is 0 Å². The third-order valence-electron chi connectivity index (χ3n) is 9.62. The van der Waals surface area contributed by atoms with Crippen molar-refractivity contribution in [3.8, 4) is 5.75 Å². The second-order valence-electron chi connectivity index (χ2n) is 14.9. The van der Waals surface area contributed by atoms with Crippen molar-refractivity contribution >= 4 is 46.6 Å². The van der Waals surface area contributed by atoms with E-state index in [-0.39, 0.29) is 81.5 Å². The first-order valence-electron chi connectivity index (χ1n) is 18.6. The Bertz CT molecular complexity index is 1700. The summed E-state index contributed by atoms with van der Waals surface area (Å²) in [6, 6.07) is 5.40. The first-order valence-corrected chi connectivity index (χ1v) is 18.6. The van der Waals surface area contributed by atoms with E-state index >= 15 is 0 Å². The van der Waals surface area contributed by atoms with E-state index in [4.69, 9.17) is 14.2 Å². The number of fused-ring (bicyclic) bond motifs is 1. The Kier molecular flexibility index (Phi) is 12.8. The van der Waals surface area contributed by atoms with Gasteiger partial charge in [0, 0.05) is 56.6 Å². The summed E-state index contributed by atoms with van der Waals surface area (Å²) in [5, 5.41) is 6.41. The molecule has 15 heteroatoms. The minimum Gasteiger partial charge on any atom is -0.483 e. The summed E-state index contributed by atoms with van der Waals surface area (Å²) in [5.74, 6) is -1.83. The van der Waals surface area contributed by atoms with Gasteiger partial charge in [0.2, 0.25) is 11.8 Å². The number of carbonyl (C=O) groups is 6. The summed E-state index contributed by atoms with van der Waals surface area (Å²) >= 11 is 0. The third-order valence-corrected chi connectivity index (χ3v) is 9.62. The second kappa shape index (κ2) is 17.3. The molecule has 1 aromatic heterocycles. The largest absolute Gasteiger partial charge is 0.483 e. The zero-order valence-electron chi connectivity index (χ0n) is 31.4. The van der Waals surface area contributed by atoms with Crippen molar-refractivity contribution in [3.63, 3.8) is 0 Å². The normalized spacial score (nSPS) is 18.2. The molecule has 0 bridgehead atoms. The van der Waals surface area contributed by atoms with Gasteiger partial charge >= 0.3 is 12.1 Å². The van der Waals surface area contributed by atoms with Gasteiger partial charge in [0.15, 0.2) is 6.61 Å². The topological polar surface area (TPSA) is 177 Å². The van der Waals surface area contributed by atoms with E-state index in [0.29, 0.717) is 30.3 Å². The summed E-state index contributed by atoms with van der Waals surface area (Å²) in [6.07, 6.45) is 3.67. The summed E-state index contributed by atoms with van der Waals surface area (Å²) in [4.78, 5) is 88.2. The summed E-state index contributed by atoms with van der Waals surface area (Å²) in [6.45, 7) is 10.1. The third kappa shape index (κ3) is 10.4. The zero-order chi connectivity index (χ0) is 38.3. The molecule has 3 fully saturated rings. The number of amides is 5. The van der Waals surface area contributed by atoms with E-state index in [1.54, 1.807) is 49.6 Å². The molecule has 15 nitrogen and oxygen atoms in total. The summed E-state index contributed by atoms with van der Waals surface area (Å²) < 4.78 is 16.6. The number of esters is 1. The van der Waals surface area contributed by atoms with Crippen LogP contribution in [-0.2, 0) is 28.7 Å². The molecule has 0 spiro atoms. The SMILES string of the molecule is CCOC(=O)N1CCN(C(=O)C(CCC(=O)OC(C)(C)C)NC(=O)c2cc(OCC(=O)N3CCCC3C(=O)NC3CCC3)c3ccc(C)cc3n2)CC1. The molecular formula is C38H52N6O9. The Morgan fingerprint density at radius 2 is 1.66 bits per heavy atom. The summed E-state index contributed by atoms with van der Waals surface area (Å²) in [5.41, 5.74) is 0.554. The van der Waals surface area contributed by atoms with E-state index in [0.717, 1.165) is 24.8 Å². The van der Waals surface area contributed by atoms with Crippen LogP contribution in [0.3, 0.4) is 0 Å². The van der Waals surface area contributed by atoms with Crippen LogP contribution in [-0.4, -0.2) is 125 Å². The van der Waals surface area contributed by atoms with Crippen molar-refractivity contribution in [3.05, 3.63) is 35.5 Å². The molecular weight excluding hydrogens is 684 g/mol. The van der Waals surface area contributed by atoms with Crippen molar-refractivity contribution < 1.29 is 43.0 Å². The van der Waals surface area contributed by atoms with Gasteiger partial charge in [-0.25, -0.2) is 9.78 Å². The lowest BCUT2D eigenvalue weighted by atomic mass is 9.93. The molecule has 3 aliphatic rings. The molecule has 1 saturated carbocycles. The standard InChI is InChI=1S/C38H52N6O9/c1-6-51-37(50)43-19-17-42(18-20-43)36(49)27(14-15-33(46)53-38(3,4)5)41-34(47)29-22-31(26-13-12-24(2)21-28(26)40-29)52-23-32(45)44-16-8-11-30(44)35(48)39-25-9-7-10-25/h12-13,21-22,25,27,30H,6-11,14-20,23H2,1-5H3,(H,39,48)(H,41,47). The lowest BCUT2D eigenvalue weighted by Crippen LogP contribution is -2.56. The Morgan fingerprint density at radius 1 is 0.943 bits per heavy atom. The van der Waals surface area contributed by atoms with Gasteiger partial charge in [0.25, 0.3) is 11.8 Å². The number of pyridine rings is 1. The lowest BCUT2D eigenvalue weighted by molar-refractivity contribution is -0.155.